The Morgan fingerprint density at radius 3 is 2.44 bits per heavy atom. The quantitative estimate of drug-likeness (QED) is 0.614. The van der Waals surface area contributed by atoms with Gasteiger partial charge in [-0.05, 0) is 63.5 Å². The minimum Gasteiger partial charge on any atom is -0.343 e. The van der Waals surface area contributed by atoms with E-state index in [1.807, 2.05) is 28.0 Å². The maximum absolute atomic E-state index is 13.9. The summed E-state index contributed by atoms with van der Waals surface area (Å²) < 4.78 is 0. The fraction of sp³-hybridized carbons (Fsp3) is 0.667. The summed E-state index contributed by atoms with van der Waals surface area (Å²) in [6.45, 7) is 3.85. The molecule has 1 aliphatic carbocycles. The van der Waals surface area contributed by atoms with Crippen LogP contribution in [0.5, 0.6) is 0 Å². The summed E-state index contributed by atoms with van der Waals surface area (Å²) in [6, 6.07) is 8.93. The van der Waals surface area contributed by atoms with Crippen LogP contribution in [0.3, 0.4) is 0 Å². The largest absolute Gasteiger partial charge is 0.343 e. The lowest BCUT2D eigenvalue weighted by Crippen LogP contribution is -2.60. The highest BCUT2D eigenvalue weighted by Crippen LogP contribution is 2.35. The topological polar surface area (TPSA) is 81.8 Å². The molecule has 0 radical (unpaired) electrons. The Labute approximate surface area is 203 Å². The zero-order chi connectivity index (χ0) is 24.1. The molecule has 1 saturated carbocycles. The molecule has 4 atom stereocenters. The summed E-state index contributed by atoms with van der Waals surface area (Å²) >= 11 is 0. The van der Waals surface area contributed by atoms with E-state index in [-0.39, 0.29) is 41.6 Å². The second-order valence-corrected chi connectivity index (χ2v) is 10.3. The van der Waals surface area contributed by atoms with Crippen molar-refractivity contribution in [1.29, 1.82) is 0 Å². The molecule has 7 heteroatoms. The standard InChI is InChI=1S/C27H40N4O3/c1-19(28-2)25(32)29-23(21-11-7-4-8-12-21)26(33)31-18-15-22-14-17-30(27(34)24(22)31)16-13-20-9-5-3-6-10-20/h3,5-6,9-10,19,21-24,28H,4,7-8,11-18H2,1-2H3,(H,29,32)/t19?,22-,23?,24+/m1/s1. The Kier molecular flexibility index (Phi) is 8.24. The molecule has 186 valence electrons. The number of benzene rings is 1. The number of hydrogen-bond acceptors (Lipinski definition) is 4. The first-order valence-electron chi connectivity index (χ1n) is 13.1. The smallest absolute Gasteiger partial charge is 0.246 e. The molecule has 2 unspecified atom stereocenters. The molecule has 1 aromatic carbocycles. The van der Waals surface area contributed by atoms with Gasteiger partial charge in [0.15, 0.2) is 0 Å². The van der Waals surface area contributed by atoms with Crippen LogP contribution in [0.1, 0.15) is 57.4 Å². The number of amides is 3. The number of rotatable bonds is 8. The maximum Gasteiger partial charge on any atom is 0.246 e. The van der Waals surface area contributed by atoms with E-state index in [1.165, 1.54) is 12.0 Å². The van der Waals surface area contributed by atoms with Gasteiger partial charge in [0.1, 0.15) is 12.1 Å². The Balaban J connectivity index is 1.47. The third-order valence-electron chi connectivity index (χ3n) is 8.17. The minimum atomic E-state index is -0.546. The van der Waals surface area contributed by atoms with Gasteiger partial charge in [0.25, 0.3) is 0 Å². The lowest BCUT2D eigenvalue weighted by molar-refractivity contribution is -0.150. The summed E-state index contributed by atoms with van der Waals surface area (Å²) in [5.74, 6) is 0.232. The third-order valence-corrected chi connectivity index (χ3v) is 8.17. The van der Waals surface area contributed by atoms with Crippen LogP contribution in [0, 0.1) is 11.8 Å². The highest BCUT2D eigenvalue weighted by atomic mass is 16.2. The van der Waals surface area contributed by atoms with Crippen molar-refractivity contribution in [2.45, 2.75) is 76.4 Å². The number of nitrogens with one attached hydrogen (secondary N) is 2. The lowest BCUT2D eigenvalue weighted by atomic mass is 9.83. The zero-order valence-corrected chi connectivity index (χ0v) is 20.7. The van der Waals surface area contributed by atoms with Crippen LogP contribution < -0.4 is 10.6 Å². The predicted molar refractivity (Wildman–Crippen MR) is 132 cm³/mol. The number of carbonyl (C=O) groups excluding carboxylic acids is 3. The Morgan fingerprint density at radius 1 is 1.03 bits per heavy atom. The van der Waals surface area contributed by atoms with Crippen LogP contribution >= 0.6 is 0 Å². The van der Waals surface area contributed by atoms with Crippen LogP contribution in [-0.4, -0.2) is 72.3 Å². The molecule has 2 N–H and O–H groups in total. The highest BCUT2D eigenvalue weighted by Gasteiger charge is 2.48. The number of carbonyl (C=O) groups is 3. The van der Waals surface area contributed by atoms with Crippen molar-refractivity contribution in [2.75, 3.05) is 26.7 Å². The number of fused-ring (bicyclic) bond motifs is 1. The van der Waals surface area contributed by atoms with E-state index in [2.05, 4.69) is 22.8 Å². The van der Waals surface area contributed by atoms with Crippen LogP contribution in [0.2, 0.25) is 0 Å². The van der Waals surface area contributed by atoms with Crippen molar-refractivity contribution in [1.82, 2.24) is 20.4 Å². The van der Waals surface area contributed by atoms with Gasteiger partial charge in [0, 0.05) is 19.6 Å². The van der Waals surface area contributed by atoms with Crippen LogP contribution in [0.25, 0.3) is 0 Å². The number of piperidine rings is 1. The van der Waals surface area contributed by atoms with Crippen molar-refractivity contribution in [3.05, 3.63) is 35.9 Å². The third kappa shape index (κ3) is 5.45. The molecule has 0 aromatic heterocycles. The minimum absolute atomic E-state index is 0.0608. The fourth-order valence-electron chi connectivity index (χ4n) is 5.93. The SMILES string of the molecule is CNC(C)C(=O)NC(C(=O)N1CC[C@H]2CCN(CCc3ccccc3)C(=O)[C@H]21)C1CCCCC1. The van der Waals surface area contributed by atoms with Crippen LogP contribution in [0.4, 0.5) is 0 Å². The second kappa shape index (κ2) is 11.3. The molecule has 2 aliphatic heterocycles. The zero-order valence-electron chi connectivity index (χ0n) is 20.7. The van der Waals surface area contributed by atoms with Crippen molar-refractivity contribution >= 4 is 17.7 Å². The number of nitrogens with zero attached hydrogens (tertiary/aromatic N) is 2. The molecule has 3 fully saturated rings. The molecular weight excluding hydrogens is 428 g/mol. The van der Waals surface area contributed by atoms with Crippen molar-refractivity contribution in [3.8, 4) is 0 Å². The molecule has 7 nitrogen and oxygen atoms in total. The number of likely N-dealkylation sites (N-methyl/N-ethyl adjacent to an activating group) is 1. The maximum atomic E-state index is 13.9. The summed E-state index contributed by atoms with van der Waals surface area (Å²) in [5, 5.41) is 6.03. The molecule has 2 heterocycles. The van der Waals surface area contributed by atoms with E-state index in [1.54, 1.807) is 14.0 Å². The van der Waals surface area contributed by atoms with Crippen molar-refractivity contribution < 1.29 is 14.4 Å². The lowest BCUT2D eigenvalue weighted by Gasteiger charge is -2.40. The van der Waals surface area contributed by atoms with Gasteiger partial charge in [-0.25, -0.2) is 0 Å². The van der Waals surface area contributed by atoms with E-state index in [0.717, 1.165) is 51.5 Å². The molecule has 3 aliphatic rings. The van der Waals surface area contributed by atoms with Crippen molar-refractivity contribution in [3.63, 3.8) is 0 Å². The molecule has 34 heavy (non-hydrogen) atoms. The van der Waals surface area contributed by atoms with Crippen LogP contribution in [-0.2, 0) is 20.8 Å². The Bertz CT molecular complexity index is 855. The average molecular weight is 469 g/mol. The first kappa shape index (κ1) is 24.7. The van der Waals surface area contributed by atoms with Crippen molar-refractivity contribution in [2.24, 2.45) is 11.8 Å². The number of hydrogen-bond donors (Lipinski definition) is 2. The second-order valence-electron chi connectivity index (χ2n) is 10.3. The normalized spacial score (nSPS) is 25.1. The van der Waals surface area contributed by atoms with E-state index >= 15 is 0 Å². The summed E-state index contributed by atoms with van der Waals surface area (Å²) in [6.07, 6.45) is 7.88. The molecule has 2 saturated heterocycles. The van der Waals surface area contributed by atoms with Gasteiger partial charge in [0.05, 0.1) is 6.04 Å². The van der Waals surface area contributed by atoms with E-state index < -0.39 is 6.04 Å². The summed E-state index contributed by atoms with van der Waals surface area (Å²) in [5.41, 5.74) is 1.22. The van der Waals surface area contributed by atoms with Gasteiger partial charge in [-0.3, -0.25) is 14.4 Å². The Hall–Kier alpha value is -2.41. The average Bonchev–Trinajstić information content (AvgIpc) is 3.32. The van der Waals surface area contributed by atoms with Gasteiger partial charge in [-0.2, -0.15) is 0 Å². The van der Waals surface area contributed by atoms with Gasteiger partial charge in [-0.1, -0.05) is 49.6 Å². The summed E-state index contributed by atoms with van der Waals surface area (Å²) in [4.78, 5) is 43.9. The first-order chi connectivity index (χ1) is 16.5. The summed E-state index contributed by atoms with van der Waals surface area (Å²) in [7, 11) is 1.75. The van der Waals surface area contributed by atoms with Gasteiger partial charge in [0.2, 0.25) is 17.7 Å². The van der Waals surface area contributed by atoms with Gasteiger partial charge < -0.3 is 20.4 Å². The first-order valence-corrected chi connectivity index (χ1v) is 13.1. The van der Waals surface area contributed by atoms with Gasteiger partial charge >= 0.3 is 0 Å². The molecule has 4 rings (SSSR count). The molecule has 1 aromatic rings. The van der Waals surface area contributed by atoms with E-state index in [9.17, 15) is 14.4 Å². The van der Waals surface area contributed by atoms with Gasteiger partial charge in [-0.15, -0.1) is 0 Å². The van der Waals surface area contributed by atoms with E-state index in [0.29, 0.717) is 13.1 Å². The van der Waals surface area contributed by atoms with Crippen LogP contribution in [0.15, 0.2) is 30.3 Å². The Morgan fingerprint density at radius 2 is 1.74 bits per heavy atom. The molecule has 3 amide bonds. The van der Waals surface area contributed by atoms with E-state index in [4.69, 9.17) is 0 Å². The predicted octanol–water partition coefficient (Wildman–Crippen LogP) is 2.35. The number of likely N-dealkylation sites (tertiary alicyclic amines) is 2. The fourth-order valence-corrected chi connectivity index (χ4v) is 5.93. The molecule has 0 bridgehead atoms. The highest BCUT2D eigenvalue weighted by molar-refractivity contribution is 5.94. The molecule has 0 spiro atoms. The monoisotopic (exact) mass is 468 g/mol. The molecular formula is C27H40N4O3.